The van der Waals surface area contributed by atoms with Gasteiger partial charge in [-0.05, 0) is 54.6 Å². The summed E-state index contributed by atoms with van der Waals surface area (Å²) in [6.45, 7) is 2.84. The molecule has 0 radical (unpaired) electrons. The number of aromatic nitrogens is 3. The molecule has 2 aromatic heterocycles. The van der Waals surface area contributed by atoms with Crippen molar-refractivity contribution >= 4 is 57.6 Å². The average molecular weight is 584 g/mol. The Morgan fingerprint density at radius 2 is 1.80 bits per heavy atom. The van der Waals surface area contributed by atoms with Crippen LogP contribution in [-0.4, -0.2) is 40.0 Å². The Bertz CT molecular complexity index is 1830. The number of fused-ring (bicyclic) bond motifs is 2. The van der Waals surface area contributed by atoms with Crippen molar-refractivity contribution in [1.82, 2.24) is 14.5 Å². The Morgan fingerprint density at radius 1 is 1.00 bits per heavy atom. The van der Waals surface area contributed by atoms with E-state index in [0.717, 1.165) is 16.8 Å². The van der Waals surface area contributed by atoms with Gasteiger partial charge in [-0.1, -0.05) is 71.9 Å². The van der Waals surface area contributed by atoms with Gasteiger partial charge >= 0.3 is 6.09 Å². The number of halogens is 1. The Kier molecular flexibility index (Phi) is 7.38. The Balaban J connectivity index is 1.45. The molecule has 3 aromatic carbocycles. The molecule has 8 nitrogen and oxygen atoms in total. The first-order chi connectivity index (χ1) is 19.9. The third-order valence-electron chi connectivity index (χ3n) is 6.99. The lowest BCUT2D eigenvalue weighted by atomic mass is 10.1. The van der Waals surface area contributed by atoms with Gasteiger partial charge in [-0.15, -0.1) is 0 Å². The third kappa shape index (κ3) is 5.14. The highest BCUT2D eigenvalue weighted by atomic mass is 35.5. The van der Waals surface area contributed by atoms with Gasteiger partial charge < -0.3 is 9.64 Å². The molecule has 10 heteroatoms. The minimum atomic E-state index is -0.433. The number of carbonyl (C=O) groups excluding carboxylic acids is 1. The quantitative estimate of drug-likeness (QED) is 0.167. The molecule has 0 atom stereocenters. The molecule has 5 aromatic rings. The molecule has 0 saturated heterocycles. The lowest BCUT2D eigenvalue weighted by molar-refractivity contribution is 0.147. The van der Waals surface area contributed by atoms with Gasteiger partial charge in [0.25, 0.3) is 5.56 Å². The topological polar surface area (TPSA) is 80.6 Å². The lowest BCUT2D eigenvalue weighted by Gasteiger charge is -2.38. The molecule has 41 heavy (non-hydrogen) atoms. The molecule has 1 amide bonds. The molecule has 0 saturated carbocycles. The SMILES string of the molecule is CSc1ncc2cc(N3CCN(C(=O)OCc4ccccc4)c4c(C)cccc43)c(=O)n(-c3cccc(Cl)c3)c2n1. The molecule has 1 aliphatic rings. The number of para-hydroxylation sites is 1. The molecule has 6 rings (SSSR count). The predicted octanol–water partition coefficient (Wildman–Crippen LogP) is 6.76. The van der Waals surface area contributed by atoms with E-state index in [2.05, 4.69) is 9.97 Å². The molecule has 0 fully saturated rings. The molecule has 0 bridgehead atoms. The summed E-state index contributed by atoms with van der Waals surface area (Å²) in [5.41, 5.74) is 4.55. The van der Waals surface area contributed by atoms with Crippen molar-refractivity contribution in [3.8, 4) is 5.69 Å². The molecule has 0 unspecified atom stereocenters. The van der Waals surface area contributed by atoms with Crippen LogP contribution in [0.4, 0.5) is 21.9 Å². The maximum Gasteiger partial charge on any atom is 0.414 e. The Labute approximate surface area is 246 Å². The van der Waals surface area contributed by atoms with Crippen molar-refractivity contribution < 1.29 is 9.53 Å². The van der Waals surface area contributed by atoms with Crippen LogP contribution in [0.25, 0.3) is 16.7 Å². The highest BCUT2D eigenvalue weighted by Gasteiger charge is 2.32. The van der Waals surface area contributed by atoms with E-state index in [9.17, 15) is 9.59 Å². The zero-order valence-electron chi connectivity index (χ0n) is 22.5. The number of thioether (sulfide) groups is 1. The number of amides is 1. The van der Waals surface area contributed by atoms with Gasteiger partial charge in [-0.2, -0.15) is 0 Å². The van der Waals surface area contributed by atoms with E-state index < -0.39 is 6.09 Å². The predicted molar refractivity (Wildman–Crippen MR) is 164 cm³/mol. The summed E-state index contributed by atoms with van der Waals surface area (Å²) in [6, 6.07) is 24.3. The van der Waals surface area contributed by atoms with Crippen LogP contribution in [0.2, 0.25) is 5.02 Å². The van der Waals surface area contributed by atoms with Crippen molar-refractivity contribution in [3.05, 3.63) is 112 Å². The number of pyridine rings is 1. The monoisotopic (exact) mass is 583 g/mol. The summed E-state index contributed by atoms with van der Waals surface area (Å²) >= 11 is 7.73. The summed E-state index contributed by atoms with van der Waals surface area (Å²) in [6.07, 6.45) is 3.19. The van der Waals surface area contributed by atoms with Gasteiger partial charge in [0.2, 0.25) is 0 Å². The number of hydrogen-bond donors (Lipinski definition) is 0. The van der Waals surface area contributed by atoms with E-state index in [1.807, 2.05) is 78.7 Å². The van der Waals surface area contributed by atoms with Crippen molar-refractivity contribution in [2.45, 2.75) is 18.7 Å². The number of benzene rings is 3. The summed E-state index contributed by atoms with van der Waals surface area (Å²) in [7, 11) is 0. The Hall–Kier alpha value is -4.34. The summed E-state index contributed by atoms with van der Waals surface area (Å²) in [5.74, 6) is 0. The second-order valence-corrected chi connectivity index (χ2v) is 10.8. The highest BCUT2D eigenvalue weighted by molar-refractivity contribution is 7.98. The Morgan fingerprint density at radius 3 is 2.59 bits per heavy atom. The molecule has 3 heterocycles. The van der Waals surface area contributed by atoms with Gasteiger partial charge in [-0.3, -0.25) is 14.3 Å². The minimum Gasteiger partial charge on any atom is -0.444 e. The first-order valence-electron chi connectivity index (χ1n) is 13.0. The number of hydrogen-bond acceptors (Lipinski definition) is 7. The zero-order chi connectivity index (χ0) is 28.5. The molecule has 1 aliphatic heterocycles. The number of anilines is 3. The van der Waals surface area contributed by atoms with Crippen LogP contribution in [0.3, 0.4) is 0 Å². The first kappa shape index (κ1) is 26.9. The van der Waals surface area contributed by atoms with Crippen LogP contribution >= 0.6 is 23.4 Å². The van der Waals surface area contributed by atoms with Crippen LogP contribution in [-0.2, 0) is 11.3 Å². The molecule has 0 aliphatic carbocycles. The number of rotatable bonds is 5. The van der Waals surface area contributed by atoms with Crippen molar-refractivity contribution in [1.29, 1.82) is 0 Å². The fourth-order valence-corrected chi connectivity index (χ4v) is 5.61. The van der Waals surface area contributed by atoms with Gasteiger partial charge in [0.1, 0.15) is 12.3 Å². The fourth-order valence-electron chi connectivity index (χ4n) is 5.09. The fraction of sp³-hybridized carbons (Fsp3) is 0.161. The van der Waals surface area contributed by atoms with Gasteiger partial charge in [0, 0.05) is 29.7 Å². The molecule has 0 N–H and O–H groups in total. The average Bonchev–Trinajstić information content (AvgIpc) is 2.99. The lowest BCUT2D eigenvalue weighted by Crippen LogP contribution is -2.44. The standard InChI is InChI=1S/C31H26ClN5O3S/c1-20-8-6-13-25-27(20)36(31(39)40-19-21-9-4-3-5-10-21)15-14-35(25)26-16-22-18-33-30(41-2)34-28(22)37(29(26)38)24-12-7-11-23(32)17-24/h3-13,16-18H,14-15,19H2,1-2H3. The second-order valence-electron chi connectivity index (χ2n) is 9.57. The molecular weight excluding hydrogens is 558 g/mol. The normalized spacial score (nSPS) is 12.9. The first-order valence-corrected chi connectivity index (χ1v) is 14.6. The van der Waals surface area contributed by atoms with E-state index in [0.29, 0.717) is 51.4 Å². The second kappa shape index (κ2) is 11.3. The number of nitrogens with zero attached hydrogens (tertiary/aromatic N) is 5. The maximum atomic E-state index is 14.3. The van der Waals surface area contributed by atoms with Crippen molar-refractivity contribution in [3.63, 3.8) is 0 Å². The van der Waals surface area contributed by atoms with E-state index in [-0.39, 0.29) is 12.2 Å². The zero-order valence-corrected chi connectivity index (χ0v) is 24.0. The smallest absolute Gasteiger partial charge is 0.414 e. The number of ether oxygens (including phenoxy) is 1. The van der Waals surface area contributed by atoms with Gasteiger partial charge in [0.15, 0.2) is 10.8 Å². The van der Waals surface area contributed by atoms with E-state index in [4.69, 9.17) is 16.3 Å². The van der Waals surface area contributed by atoms with Crippen LogP contribution in [0, 0.1) is 6.92 Å². The van der Waals surface area contributed by atoms with Crippen LogP contribution < -0.4 is 15.4 Å². The van der Waals surface area contributed by atoms with Crippen LogP contribution in [0.15, 0.2) is 95.0 Å². The molecular formula is C31H26ClN5O3S. The summed E-state index contributed by atoms with van der Waals surface area (Å²) in [5, 5.41) is 1.77. The van der Waals surface area contributed by atoms with Gasteiger partial charge in [0.05, 0.1) is 17.1 Å². The van der Waals surface area contributed by atoms with E-state index >= 15 is 0 Å². The molecule has 0 spiro atoms. The summed E-state index contributed by atoms with van der Waals surface area (Å²) < 4.78 is 7.26. The van der Waals surface area contributed by atoms with E-state index in [1.165, 1.54) is 11.8 Å². The number of aryl methyl sites for hydroxylation is 1. The molecule has 206 valence electrons. The van der Waals surface area contributed by atoms with E-state index in [1.54, 1.807) is 33.9 Å². The minimum absolute atomic E-state index is 0.175. The largest absolute Gasteiger partial charge is 0.444 e. The van der Waals surface area contributed by atoms with Crippen molar-refractivity contribution in [2.75, 3.05) is 29.1 Å². The summed E-state index contributed by atoms with van der Waals surface area (Å²) in [4.78, 5) is 40.3. The number of carbonyl (C=O) groups is 1. The van der Waals surface area contributed by atoms with Crippen LogP contribution in [0.5, 0.6) is 0 Å². The third-order valence-corrected chi connectivity index (χ3v) is 7.79. The highest BCUT2D eigenvalue weighted by Crippen LogP contribution is 2.40. The maximum absolute atomic E-state index is 14.3. The van der Waals surface area contributed by atoms with Crippen molar-refractivity contribution in [2.24, 2.45) is 0 Å². The van der Waals surface area contributed by atoms with Crippen LogP contribution in [0.1, 0.15) is 11.1 Å². The van der Waals surface area contributed by atoms with Gasteiger partial charge in [-0.25, -0.2) is 14.8 Å².